The van der Waals surface area contributed by atoms with E-state index in [1.54, 1.807) is 0 Å². The van der Waals surface area contributed by atoms with Gasteiger partial charge < -0.3 is 10.6 Å². The SMILES string of the molecule is CCCNc1cc(NCC(C)C)nc(C)n1. The van der Waals surface area contributed by atoms with Crippen LogP contribution < -0.4 is 10.6 Å². The van der Waals surface area contributed by atoms with Crippen molar-refractivity contribution in [3.63, 3.8) is 0 Å². The third kappa shape index (κ3) is 4.47. The van der Waals surface area contributed by atoms with Crippen LogP contribution in [0.1, 0.15) is 33.0 Å². The van der Waals surface area contributed by atoms with Gasteiger partial charge in [-0.2, -0.15) is 0 Å². The fourth-order valence-corrected chi connectivity index (χ4v) is 1.31. The smallest absolute Gasteiger partial charge is 0.131 e. The molecule has 16 heavy (non-hydrogen) atoms. The Morgan fingerprint density at radius 2 is 1.81 bits per heavy atom. The fraction of sp³-hybridized carbons (Fsp3) is 0.667. The maximum Gasteiger partial charge on any atom is 0.131 e. The highest BCUT2D eigenvalue weighted by Crippen LogP contribution is 2.11. The molecule has 0 spiro atoms. The number of hydrogen-bond donors (Lipinski definition) is 2. The van der Waals surface area contributed by atoms with Gasteiger partial charge in [0.05, 0.1) is 0 Å². The zero-order chi connectivity index (χ0) is 12.0. The van der Waals surface area contributed by atoms with E-state index in [1.807, 2.05) is 13.0 Å². The molecule has 0 unspecified atom stereocenters. The van der Waals surface area contributed by atoms with Gasteiger partial charge in [-0.15, -0.1) is 0 Å². The molecule has 0 fully saturated rings. The van der Waals surface area contributed by atoms with E-state index < -0.39 is 0 Å². The Morgan fingerprint density at radius 1 is 1.19 bits per heavy atom. The molecule has 0 saturated carbocycles. The highest BCUT2D eigenvalue weighted by atomic mass is 15.1. The summed E-state index contributed by atoms with van der Waals surface area (Å²) in [4.78, 5) is 8.69. The van der Waals surface area contributed by atoms with Gasteiger partial charge in [0.2, 0.25) is 0 Å². The number of nitrogens with one attached hydrogen (secondary N) is 2. The van der Waals surface area contributed by atoms with Crippen LogP contribution in [0.5, 0.6) is 0 Å². The number of nitrogens with zero attached hydrogens (tertiary/aromatic N) is 2. The van der Waals surface area contributed by atoms with Gasteiger partial charge in [0.15, 0.2) is 0 Å². The van der Waals surface area contributed by atoms with E-state index in [0.717, 1.165) is 37.0 Å². The molecule has 1 aromatic heterocycles. The van der Waals surface area contributed by atoms with E-state index in [4.69, 9.17) is 0 Å². The first kappa shape index (κ1) is 12.7. The van der Waals surface area contributed by atoms with Crippen LogP contribution in [0.25, 0.3) is 0 Å². The molecule has 1 aromatic rings. The maximum absolute atomic E-state index is 4.35. The van der Waals surface area contributed by atoms with Crippen molar-refractivity contribution in [2.45, 2.75) is 34.1 Å². The lowest BCUT2D eigenvalue weighted by molar-refractivity contribution is 0.686. The number of aromatic nitrogens is 2. The Kier molecular flexibility index (Phi) is 5.02. The summed E-state index contributed by atoms with van der Waals surface area (Å²) in [5.74, 6) is 3.22. The van der Waals surface area contributed by atoms with E-state index in [0.29, 0.717) is 5.92 Å². The summed E-state index contributed by atoms with van der Waals surface area (Å²) in [7, 11) is 0. The molecule has 0 radical (unpaired) electrons. The topological polar surface area (TPSA) is 49.8 Å². The quantitative estimate of drug-likeness (QED) is 0.777. The standard InChI is InChI=1S/C12H22N4/c1-5-6-13-11-7-12(14-8-9(2)3)16-10(4)15-11/h7,9H,5-6,8H2,1-4H3,(H2,13,14,15,16). The second-order valence-electron chi connectivity index (χ2n) is 4.39. The lowest BCUT2D eigenvalue weighted by atomic mass is 10.2. The van der Waals surface area contributed by atoms with Crippen LogP contribution in [0.4, 0.5) is 11.6 Å². The van der Waals surface area contributed by atoms with Crippen molar-refractivity contribution in [2.75, 3.05) is 23.7 Å². The van der Waals surface area contributed by atoms with Gasteiger partial charge in [0.25, 0.3) is 0 Å². The van der Waals surface area contributed by atoms with E-state index in [-0.39, 0.29) is 0 Å². The monoisotopic (exact) mass is 222 g/mol. The summed E-state index contributed by atoms with van der Waals surface area (Å²) in [6, 6.07) is 1.96. The Bertz CT molecular complexity index is 323. The summed E-state index contributed by atoms with van der Waals surface area (Å²) >= 11 is 0. The van der Waals surface area contributed by atoms with Gasteiger partial charge in [-0.25, -0.2) is 9.97 Å². The van der Waals surface area contributed by atoms with Crippen LogP contribution in [-0.4, -0.2) is 23.1 Å². The minimum absolute atomic E-state index is 0.613. The normalized spacial score (nSPS) is 10.6. The molecular weight excluding hydrogens is 200 g/mol. The van der Waals surface area contributed by atoms with Crippen molar-refractivity contribution in [1.82, 2.24) is 9.97 Å². The highest BCUT2D eigenvalue weighted by molar-refractivity contribution is 5.47. The number of aryl methyl sites for hydroxylation is 1. The van der Waals surface area contributed by atoms with Crippen molar-refractivity contribution < 1.29 is 0 Å². The van der Waals surface area contributed by atoms with Crippen molar-refractivity contribution >= 4 is 11.6 Å². The first-order chi connectivity index (χ1) is 7.61. The van der Waals surface area contributed by atoms with Gasteiger partial charge in [-0.1, -0.05) is 20.8 Å². The molecule has 0 aliphatic rings. The Morgan fingerprint density at radius 3 is 2.38 bits per heavy atom. The molecule has 0 amide bonds. The van der Waals surface area contributed by atoms with Crippen molar-refractivity contribution in [3.05, 3.63) is 11.9 Å². The first-order valence-corrected chi connectivity index (χ1v) is 5.95. The fourth-order valence-electron chi connectivity index (χ4n) is 1.31. The Labute approximate surface area is 97.9 Å². The molecule has 2 N–H and O–H groups in total. The van der Waals surface area contributed by atoms with E-state index in [2.05, 4.69) is 41.4 Å². The zero-order valence-corrected chi connectivity index (χ0v) is 10.7. The third-order valence-electron chi connectivity index (χ3n) is 2.09. The molecule has 0 aliphatic heterocycles. The lowest BCUT2D eigenvalue weighted by Gasteiger charge is -2.11. The molecule has 0 atom stereocenters. The van der Waals surface area contributed by atoms with Gasteiger partial charge in [-0.3, -0.25) is 0 Å². The van der Waals surface area contributed by atoms with Gasteiger partial charge in [-0.05, 0) is 19.3 Å². The molecular formula is C12H22N4. The van der Waals surface area contributed by atoms with Crippen LogP contribution in [0.15, 0.2) is 6.07 Å². The molecule has 1 heterocycles. The molecule has 4 nitrogen and oxygen atoms in total. The van der Waals surface area contributed by atoms with E-state index in [1.165, 1.54) is 0 Å². The predicted octanol–water partition coefficient (Wildman–Crippen LogP) is 2.67. The number of anilines is 2. The first-order valence-electron chi connectivity index (χ1n) is 5.95. The molecule has 0 aromatic carbocycles. The zero-order valence-electron chi connectivity index (χ0n) is 10.7. The van der Waals surface area contributed by atoms with Crippen molar-refractivity contribution in [1.29, 1.82) is 0 Å². The third-order valence-corrected chi connectivity index (χ3v) is 2.09. The summed E-state index contributed by atoms with van der Waals surface area (Å²) < 4.78 is 0. The number of hydrogen-bond acceptors (Lipinski definition) is 4. The van der Waals surface area contributed by atoms with Crippen LogP contribution in [-0.2, 0) is 0 Å². The van der Waals surface area contributed by atoms with E-state index in [9.17, 15) is 0 Å². The summed E-state index contributed by atoms with van der Waals surface area (Å²) in [6.07, 6.45) is 1.10. The van der Waals surface area contributed by atoms with Crippen LogP contribution in [0.2, 0.25) is 0 Å². The van der Waals surface area contributed by atoms with Gasteiger partial charge in [0.1, 0.15) is 17.5 Å². The lowest BCUT2D eigenvalue weighted by Crippen LogP contribution is -2.11. The average Bonchev–Trinajstić information content (AvgIpc) is 2.23. The Hall–Kier alpha value is -1.32. The molecule has 0 bridgehead atoms. The Balaban J connectivity index is 2.65. The van der Waals surface area contributed by atoms with Gasteiger partial charge >= 0.3 is 0 Å². The van der Waals surface area contributed by atoms with Crippen LogP contribution >= 0.6 is 0 Å². The number of rotatable bonds is 6. The van der Waals surface area contributed by atoms with Gasteiger partial charge in [0, 0.05) is 19.2 Å². The summed E-state index contributed by atoms with van der Waals surface area (Å²) in [5.41, 5.74) is 0. The predicted molar refractivity (Wildman–Crippen MR) is 68.9 cm³/mol. The van der Waals surface area contributed by atoms with E-state index >= 15 is 0 Å². The van der Waals surface area contributed by atoms with Crippen LogP contribution in [0, 0.1) is 12.8 Å². The minimum Gasteiger partial charge on any atom is -0.370 e. The van der Waals surface area contributed by atoms with Crippen LogP contribution in [0.3, 0.4) is 0 Å². The maximum atomic E-state index is 4.35. The average molecular weight is 222 g/mol. The van der Waals surface area contributed by atoms with Crippen molar-refractivity contribution in [3.8, 4) is 0 Å². The summed E-state index contributed by atoms with van der Waals surface area (Å²) in [6.45, 7) is 10.3. The minimum atomic E-state index is 0.613. The second kappa shape index (κ2) is 6.30. The molecule has 4 heteroatoms. The molecule has 90 valence electrons. The molecule has 1 rings (SSSR count). The van der Waals surface area contributed by atoms with Crippen molar-refractivity contribution in [2.24, 2.45) is 5.92 Å². The second-order valence-corrected chi connectivity index (χ2v) is 4.39. The largest absolute Gasteiger partial charge is 0.370 e. The highest BCUT2D eigenvalue weighted by Gasteiger charge is 2.01. The molecule has 0 aliphatic carbocycles. The summed E-state index contributed by atoms with van der Waals surface area (Å²) in [5, 5.41) is 6.58. The molecule has 0 saturated heterocycles.